The fourth-order valence-electron chi connectivity index (χ4n) is 2.75. The van der Waals surface area contributed by atoms with Gasteiger partial charge in [0.25, 0.3) is 0 Å². The molecule has 1 heterocycles. The van der Waals surface area contributed by atoms with Crippen LogP contribution in [0.25, 0.3) is 16.9 Å². The molecule has 0 radical (unpaired) electrons. The van der Waals surface area contributed by atoms with Gasteiger partial charge in [-0.15, -0.1) is 0 Å². The Kier molecular flexibility index (Phi) is 5.20. The zero-order valence-electron chi connectivity index (χ0n) is 14.1. The summed E-state index contributed by atoms with van der Waals surface area (Å²) in [5, 5.41) is 1.51. The maximum absolute atomic E-state index is 14.2. The molecule has 0 saturated heterocycles. The molecule has 0 spiro atoms. The van der Waals surface area contributed by atoms with Crippen LogP contribution in [-0.4, -0.2) is 15.4 Å². The van der Waals surface area contributed by atoms with Crippen molar-refractivity contribution < 1.29 is 22.1 Å². The van der Waals surface area contributed by atoms with Gasteiger partial charge in [-0.1, -0.05) is 11.3 Å². The number of halogens is 4. The largest absolute Gasteiger partial charge is 0.612 e. The van der Waals surface area contributed by atoms with Gasteiger partial charge in [0.1, 0.15) is 6.26 Å². The summed E-state index contributed by atoms with van der Waals surface area (Å²) in [5.41, 5.74) is 0.156. The average molecular weight is 415 g/mol. The van der Waals surface area contributed by atoms with Crippen LogP contribution in [0.2, 0.25) is 0 Å². The molecule has 0 aliphatic heterocycles. The van der Waals surface area contributed by atoms with Gasteiger partial charge in [-0.2, -0.15) is 13.2 Å². The standard InChI is InChI=1S/C18H13F4NO2S2/c1-10-7-12(4-5-13(10)18(20,21)22)23-15(9-26-17(23)24)11-3-6-16(27(2)25)14(19)8-11/h3-9H,1-2H3. The number of benzene rings is 2. The van der Waals surface area contributed by atoms with Crippen LogP contribution in [0.5, 0.6) is 0 Å². The van der Waals surface area contributed by atoms with Crippen molar-refractivity contribution >= 4 is 22.5 Å². The van der Waals surface area contributed by atoms with E-state index in [4.69, 9.17) is 0 Å². The van der Waals surface area contributed by atoms with E-state index in [9.17, 15) is 26.9 Å². The SMILES string of the molecule is Cc1cc(-n2c(-c3ccc([S+](C)[O-])c(F)c3)csc2=O)ccc1C(F)(F)F. The minimum atomic E-state index is -4.49. The van der Waals surface area contributed by atoms with Gasteiger partial charge < -0.3 is 4.55 Å². The van der Waals surface area contributed by atoms with E-state index in [1.165, 1.54) is 47.4 Å². The highest BCUT2D eigenvalue weighted by Gasteiger charge is 2.32. The van der Waals surface area contributed by atoms with E-state index >= 15 is 0 Å². The number of hydrogen-bond donors (Lipinski definition) is 0. The van der Waals surface area contributed by atoms with Crippen LogP contribution in [0.1, 0.15) is 11.1 Å². The molecule has 2 aromatic carbocycles. The van der Waals surface area contributed by atoms with Gasteiger partial charge in [0.2, 0.25) is 0 Å². The number of hydrogen-bond acceptors (Lipinski definition) is 3. The summed E-state index contributed by atoms with van der Waals surface area (Å²) in [5.74, 6) is -0.679. The molecule has 142 valence electrons. The summed E-state index contributed by atoms with van der Waals surface area (Å²) in [7, 11) is 0. The molecule has 0 aliphatic rings. The Morgan fingerprint density at radius 3 is 2.41 bits per heavy atom. The predicted molar refractivity (Wildman–Crippen MR) is 97.4 cm³/mol. The first kappa shape index (κ1) is 19.7. The van der Waals surface area contributed by atoms with Crippen LogP contribution in [0.15, 0.2) is 51.5 Å². The molecule has 1 aromatic heterocycles. The third-order valence-corrected chi connectivity index (χ3v) is 5.68. The highest BCUT2D eigenvalue weighted by molar-refractivity contribution is 7.90. The molecule has 0 amide bonds. The number of aryl methyl sites for hydroxylation is 1. The fourth-order valence-corrected chi connectivity index (χ4v) is 4.11. The summed E-state index contributed by atoms with van der Waals surface area (Å²) < 4.78 is 65.8. The normalized spacial score (nSPS) is 13.0. The third-order valence-electron chi connectivity index (χ3n) is 4.01. The van der Waals surface area contributed by atoms with Crippen molar-refractivity contribution in [1.82, 2.24) is 4.57 Å². The van der Waals surface area contributed by atoms with E-state index in [-0.39, 0.29) is 16.1 Å². The van der Waals surface area contributed by atoms with Crippen molar-refractivity contribution in [3.63, 3.8) is 0 Å². The topological polar surface area (TPSA) is 45.1 Å². The van der Waals surface area contributed by atoms with Crippen molar-refractivity contribution in [3.8, 4) is 16.9 Å². The monoisotopic (exact) mass is 415 g/mol. The minimum Gasteiger partial charge on any atom is -0.612 e. The molecule has 3 aromatic rings. The van der Waals surface area contributed by atoms with Crippen LogP contribution in [0.4, 0.5) is 17.6 Å². The first-order valence-electron chi connectivity index (χ1n) is 7.61. The first-order chi connectivity index (χ1) is 12.6. The molecule has 27 heavy (non-hydrogen) atoms. The second kappa shape index (κ2) is 7.14. The minimum absolute atomic E-state index is 0.0213. The van der Waals surface area contributed by atoms with Gasteiger partial charge in [-0.25, -0.2) is 4.39 Å². The summed E-state index contributed by atoms with van der Waals surface area (Å²) in [4.78, 5) is 11.9. The highest BCUT2D eigenvalue weighted by Crippen LogP contribution is 2.33. The maximum Gasteiger partial charge on any atom is 0.416 e. The van der Waals surface area contributed by atoms with E-state index in [2.05, 4.69) is 0 Å². The third kappa shape index (κ3) is 3.80. The molecule has 1 atom stereocenters. The molecular formula is C18H13F4NO2S2. The van der Waals surface area contributed by atoms with Gasteiger partial charge in [0, 0.05) is 10.9 Å². The molecule has 9 heteroatoms. The molecule has 0 fully saturated rings. The van der Waals surface area contributed by atoms with E-state index < -0.39 is 33.6 Å². The lowest BCUT2D eigenvalue weighted by molar-refractivity contribution is -0.138. The molecular weight excluding hydrogens is 402 g/mol. The Labute approximate surface area is 159 Å². The zero-order chi connectivity index (χ0) is 19.9. The second-order valence-corrected chi connectivity index (χ2v) is 7.99. The molecule has 0 aliphatic carbocycles. The van der Waals surface area contributed by atoms with Crippen molar-refractivity contribution in [1.29, 1.82) is 0 Å². The number of aromatic nitrogens is 1. The quantitative estimate of drug-likeness (QED) is 0.457. The Morgan fingerprint density at radius 1 is 1.15 bits per heavy atom. The molecule has 0 bridgehead atoms. The summed E-state index contributed by atoms with van der Waals surface area (Å²) in [6.45, 7) is 1.31. The van der Waals surface area contributed by atoms with Gasteiger partial charge in [0.05, 0.1) is 16.9 Å². The van der Waals surface area contributed by atoms with Gasteiger partial charge >= 0.3 is 11.0 Å². The van der Waals surface area contributed by atoms with E-state index in [0.29, 0.717) is 11.3 Å². The molecule has 0 saturated carbocycles. The Morgan fingerprint density at radius 2 is 1.85 bits per heavy atom. The smallest absolute Gasteiger partial charge is 0.416 e. The highest BCUT2D eigenvalue weighted by atomic mass is 32.2. The fraction of sp³-hybridized carbons (Fsp3) is 0.167. The van der Waals surface area contributed by atoms with Gasteiger partial charge in [-0.3, -0.25) is 9.36 Å². The number of rotatable bonds is 3. The van der Waals surface area contributed by atoms with E-state index in [1.54, 1.807) is 0 Å². The van der Waals surface area contributed by atoms with Gasteiger partial charge in [0.15, 0.2) is 10.7 Å². The Hall–Kier alpha value is -2.10. The van der Waals surface area contributed by atoms with Crippen LogP contribution >= 0.6 is 11.3 Å². The molecule has 3 nitrogen and oxygen atoms in total. The number of nitrogens with zero attached hydrogens (tertiary/aromatic N) is 1. The van der Waals surface area contributed by atoms with E-state index in [0.717, 1.165) is 23.5 Å². The summed E-state index contributed by atoms with van der Waals surface area (Å²) in [6, 6.07) is 7.44. The second-order valence-electron chi connectivity index (χ2n) is 5.82. The molecule has 3 rings (SSSR count). The maximum atomic E-state index is 14.2. The first-order valence-corrected chi connectivity index (χ1v) is 10.1. The van der Waals surface area contributed by atoms with Crippen molar-refractivity contribution in [2.75, 3.05) is 6.26 Å². The lowest BCUT2D eigenvalue weighted by Crippen LogP contribution is -2.14. The van der Waals surface area contributed by atoms with Crippen molar-refractivity contribution in [2.24, 2.45) is 0 Å². The van der Waals surface area contributed by atoms with E-state index in [1.807, 2.05) is 0 Å². The van der Waals surface area contributed by atoms with Crippen LogP contribution in [-0.2, 0) is 17.4 Å². The Bertz CT molecular complexity index is 1050. The average Bonchev–Trinajstić information content (AvgIpc) is 2.94. The van der Waals surface area contributed by atoms with Crippen molar-refractivity contribution in [2.45, 2.75) is 18.0 Å². The number of alkyl halides is 3. The Balaban J connectivity index is 2.13. The van der Waals surface area contributed by atoms with Crippen molar-refractivity contribution in [3.05, 3.63) is 68.4 Å². The predicted octanol–water partition coefficient (Wildman–Crippen LogP) is 4.77. The zero-order valence-corrected chi connectivity index (χ0v) is 15.8. The number of thiazole rings is 1. The van der Waals surface area contributed by atoms with Crippen LogP contribution in [0.3, 0.4) is 0 Å². The molecule has 1 unspecified atom stereocenters. The van der Waals surface area contributed by atoms with Crippen LogP contribution in [0, 0.1) is 12.7 Å². The van der Waals surface area contributed by atoms with Gasteiger partial charge in [-0.05, 0) is 60.1 Å². The van der Waals surface area contributed by atoms with Crippen LogP contribution < -0.4 is 4.87 Å². The molecule has 0 N–H and O–H groups in total. The summed E-state index contributed by atoms with van der Waals surface area (Å²) >= 11 is -0.648. The lowest BCUT2D eigenvalue weighted by atomic mass is 10.1. The summed E-state index contributed by atoms with van der Waals surface area (Å²) in [6.07, 6.45) is -3.14. The lowest BCUT2D eigenvalue weighted by Gasteiger charge is -2.14.